The lowest BCUT2D eigenvalue weighted by Crippen LogP contribution is -2.34. The molecule has 4 rings (SSSR count). The van der Waals surface area contributed by atoms with Crippen LogP contribution in [0.5, 0.6) is 0 Å². The molecule has 2 aliphatic carbocycles. The predicted octanol–water partition coefficient (Wildman–Crippen LogP) is 3.05. The van der Waals surface area contributed by atoms with Gasteiger partial charge in [0.05, 0.1) is 29.2 Å². The molecule has 138 valence electrons. The third-order valence-corrected chi connectivity index (χ3v) is 5.49. The summed E-state index contributed by atoms with van der Waals surface area (Å²) in [5.74, 6) is 0.834. The van der Waals surface area contributed by atoms with E-state index in [0.717, 1.165) is 31.2 Å². The molecule has 2 heterocycles. The molecule has 2 aromatic heterocycles. The minimum atomic E-state index is 0.119. The molecule has 2 aliphatic rings. The summed E-state index contributed by atoms with van der Waals surface area (Å²) in [5.41, 5.74) is 1.62. The maximum Gasteiger partial charge on any atom is 0.223 e. The lowest BCUT2D eigenvalue weighted by atomic mass is 9.85. The zero-order valence-electron chi connectivity index (χ0n) is 14.8. The Morgan fingerprint density at radius 3 is 2.65 bits per heavy atom. The van der Waals surface area contributed by atoms with E-state index in [1.165, 1.54) is 12.8 Å². The molecule has 8 heteroatoms. The molecule has 26 heavy (non-hydrogen) atoms. The molecule has 0 spiro atoms. The number of nitrogens with one attached hydrogen (secondary N) is 2. The first kappa shape index (κ1) is 17.3. The molecular weight excluding hydrogens is 352 g/mol. The molecule has 2 N–H and O–H groups in total. The van der Waals surface area contributed by atoms with Crippen LogP contribution < -0.4 is 10.6 Å². The van der Waals surface area contributed by atoms with Gasteiger partial charge in [-0.1, -0.05) is 11.6 Å². The van der Waals surface area contributed by atoms with E-state index in [9.17, 15) is 4.79 Å². The molecule has 0 bridgehead atoms. The molecular formula is C18H23ClN6O. The first-order chi connectivity index (χ1) is 12.6. The monoisotopic (exact) mass is 374 g/mol. The lowest BCUT2D eigenvalue weighted by molar-refractivity contribution is -0.125. The predicted molar refractivity (Wildman–Crippen MR) is 100.0 cm³/mol. The number of hydrogen-bond donors (Lipinski definition) is 2. The molecule has 0 aliphatic heterocycles. The highest BCUT2D eigenvalue weighted by atomic mass is 35.5. The summed E-state index contributed by atoms with van der Waals surface area (Å²) < 4.78 is 1.99. The van der Waals surface area contributed by atoms with Gasteiger partial charge in [0.15, 0.2) is 0 Å². The third-order valence-electron chi connectivity index (χ3n) is 5.22. The maximum atomic E-state index is 11.7. The van der Waals surface area contributed by atoms with Crippen molar-refractivity contribution in [2.24, 2.45) is 5.92 Å². The number of halogens is 1. The van der Waals surface area contributed by atoms with Crippen molar-refractivity contribution in [3.05, 3.63) is 23.6 Å². The second kappa shape index (κ2) is 7.23. The SMILES string of the molecule is CNC(=O)[C@H]1CC[C@H](Nc2ncc(Cl)c(-c3cnn(C4CC4)c3)n2)CC1. The van der Waals surface area contributed by atoms with Crippen LogP contribution in [0.25, 0.3) is 11.3 Å². The van der Waals surface area contributed by atoms with Gasteiger partial charge in [0.2, 0.25) is 11.9 Å². The number of carbonyl (C=O) groups excluding carboxylic acids is 1. The van der Waals surface area contributed by atoms with E-state index in [1.807, 2.05) is 17.1 Å². The van der Waals surface area contributed by atoms with Gasteiger partial charge in [0.25, 0.3) is 0 Å². The summed E-state index contributed by atoms with van der Waals surface area (Å²) in [5, 5.41) is 11.1. The fraction of sp³-hybridized carbons (Fsp3) is 0.556. The fourth-order valence-electron chi connectivity index (χ4n) is 3.52. The van der Waals surface area contributed by atoms with E-state index in [1.54, 1.807) is 13.2 Å². The molecule has 2 saturated carbocycles. The first-order valence-electron chi connectivity index (χ1n) is 9.19. The number of rotatable bonds is 5. The molecule has 0 atom stereocenters. The summed E-state index contributed by atoms with van der Waals surface area (Å²) >= 11 is 6.31. The van der Waals surface area contributed by atoms with Crippen molar-refractivity contribution in [1.29, 1.82) is 0 Å². The van der Waals surface area contributed by atoms with Gasteiger partial charge in [-0.15, -0.1) is 0 Å². The van der Waals surface area contributed by atoms with E-state index >= 15 is 0 Å². The zero-order chi connectivity index (χ0) is 18.1. The summed E-state index contributed by atoms with van der Waals surface area (Å²) in [6, 6.07) is 0.802. The smallest absolute Gasteiger partial charge is 0.223 e. The Morgan fingerprint density at radius 1 is 1.19 bits per heavy atom. The Morgan fingerprint density at radius 2 is 1.96 bits per heavy atom. The zero-order valence-corrected chi connectivity index (χ0v) is 15.5. The Balaban J connectivity index is 1.44. The van der Waals surface area contributed by atoms with Crippen LogP contribution >= 0.6 is 11.6 Å². The Hall–Kier alpha value is -2.15. The highest BCUT2D eigenvalue weighted by Crippen LogP contribution is 2.36. The summed E-state index contributed by atoms with van der Waals surface area (Å²) in [6.07, 6.45) is 11.4. The Labute approximate surface area is 157 Å². The van der Waals surface area contributed by atoms with E-state index in [0.29, 0.717) is 22.7 Å². The van der Waals surface area contributed by atoms with E-state index in [4.69, 9.17) is 11.6 Å². The number of amides is 1. The van der Waals surface area contributed by atoms with Crippen molar-refractivity contribution in [1.82, 2.24) is 25.1 Å². The van der Waals surface area contributed by atoms with Crippen LogP contribution in [0, 0.1) is 5.92 Å². The van der Waals surface area contributed by atoms with Gasteiger partial charge in [-0.2, -0.15) is 5.10 Å². The van der Waals surface area contributed by atoms with Crippen molar-refractivity contribution < 1.29 is 4.79 Å². The van der Waals surface area contributed by atoms with Gasteiger partial charge in [0.1, 0.15) is 0 Å². The van der Waals surface area contributed by atoms with E-state index in [-0.39, 0.29) is 17.9 Å². The Bertz CT molecular complexity index is 795. The summed E-state index contributed by atoms with van der Waals surface area (Å²) in [6.45, 7) is 0. The first-order valence-corrected chi connectivity index (χ1v) is 9.57. The molecule has 0 unspecified atom stereocenters. The quantitative estimate of drug-likeness (QED) is 0.840. The number of carbonyl (C=O) groups is 1. The second-order valence-corrected chi connectivity index (χ2v) is 7.54. The van der Waals surface area contributed by atoms with Crippen LogP contribution in [-0.2, 0) is 4.79 Å². The molecule has 7 nitrogen and oxygen atoms in total. The molecule has 2 fully saturated rings. The van der Waals surface area contributed by atoms with E-state index < -0.39 is 0 Å². The molecule has 0 aromatic carbocycles. The van der Waals surface area contributed by atoms with Crippen molar-refractivity contribution in [3.8, 4) is 11.3 Å². The minimum absolute atomic E-state index is 0.119. The van der Waals surface area contributed by atoms with Gasteiger partial charge >= 0.3 is 0 Å². The molecule has 0 saturated heterocycles. The second-order valence-electron chi connectivity index (χ2n) is 7.14. The molecule has 1 amide bonds. The van der Waals surface area contributed by atoms with Gasteiger partial charge in [-0.05, 0) is 38.5 Å². The van der Waals surface area contributed by atoms with Crippen molar-refractivity contribution in [2.75, 3.05) is 12.4 Å². The molecule has 0 radical (unpaired) electrons. The average Bonchev–Trinajstić information content (AvgIpc) is 3.40. The van der Waals surface area contributed by atoms with Crippen LogP contribution in [0.1, 0.15) is 44.6 Å². The highest BCUT2D eigenvalue weighted by Gasteiger charge is 2.27. The maximum absolute atomic E-state index is 11.7. The van der Waals surface area contributed by atoms with Gasteiger partial charge in [-0.3, -0.25) is 9.48 Å². The van der Waals surface area contributed by atoms with Gasteiger partial charge in [0, 0.05) is 30.8 Å². The van der Waals surface area contributed by atoms with Gasteiger partial charge in [-0.25, -0.2) is 9.97 Å². The fourth-order valence-corrected chi connectivity index (χ4v) is 3.72. The van der Waals surface area contributed by atoms with Crippen LogP contribution in [0.2, 0.25) is 5.02 Å². The van der Waals surface area contributed by atoms with Crippen LogP contribution in [0.3, 0.4) is 0 Å². The number of nitrogens with zero attached hydrogens (tertiary/aromatic N) is 4. The van der Waals surface area contributed by atoms with Crippen molar-refractivity contribution in [3.63, 3.8) is 0 Å². The summed E-state index contributed by atoms with van der Waals surface area (Å²) in [4.78, 5) is 20.7. The summed E-state index contributed by atoms with van der Waals surface area (Å²) in [7, 11) is 1.70. The normalized spacial score (nSPS) is 22.8. The molecule has 2 aromatic rings. The standard InChI is InChI=1S/C18H23ClN6O/c1-20-17(26)11-2-4-13(5-3-11)23-18-21-9-15(19)16(24-18)12-8-22-25(10-12)14-6-7-14/h8-11,13-14H,2-7H2,1H3,(H,20,26)(H,21,23,24)/t11-,13-. The average molecular weight is 375 g/mol. The van der Waals surface area contributed by atoms with E-state index in [2.05, 4.69) is 25.7 Å². The van der Waals surface area contributed by atoms with Crippen molar-refractivity contribution in [2.45, 2.75) is 50.6 Å². The minimum Gasteiger partial charge on any atom is -0.359 e. The van der Waals surface area contributed by atoms with Crippen molar-refractivity contribution >= 4 is 23.5 Å². The van der Waals surface area contributed by atoms with Crippen LogP contribution in [-0.4, -0.2) is 38.7 Å². The lowest BCUT2D eigenvalue weighted by Gasteiger charge is -2.28. The third kappa shape index (κ3) is 3.67. The Kier molecular flexibility index (Phi) is 4.80. The number of aromatic nitrogens is 4. The highest BCUT2D eigenvalue weighted by molar-refractivity contribution is 6.32. The van der Waals surface area contributed by atoms with Crippen LogP contribution in [0.15, 0.2) is 18.6 Å². The topological polar surface area (TPSA) is 84.7 Å². The number of hydrogen-bond acceptors (Lipinski definition) is 5. The van der Waals surface area contributed by atoms with Crippen LogP contribution in [0.4, 0.5) is 5.95 Å². The number of anilines is 1. The van der Waals surface area contributed by atoms with Gasteiger partial charge < -0.3 is 10.6 Å². The largest absolute Gasteiger partial charge is 0.359 e.